The van der Waals surface area contributed by atoms with Gasteiger partial charge in [0.05, 0.1) is 6.61 Å². The number of ether oxygens (including phenoxy) is 1. The van der Waals surface area contributed by atoms with Crippen molar-refractivity contribution < 1.29 is 17.9 Å². The van der Waals surface area contributed by atoms with E-state index in [0.29, 0.717) is 0 Å². The highest BCUT2D eigenvalue weighted by Crippen LogP contribution is 2.42. The highest BCUT2D eigenvalue weighted by atomic mass is 19.4. The summed E-state index contributed by atoms with van der Waals surface area (Å²) in [7, 11) is 0. The first-order valence-corrected chi connectivity index (χ1v) is 2.16. The van der Waals surface area contributed by atoms with E-state index in [1.165, 1.54) is 0 Å². The second kappa shape index (κ2) is 1.18. The molecule has 1 rings (SSSR count). The summed E-state index contributed by atoms with van der Waals surface area (Å²) in [6.45, 7) is 0.851. The number of hydrogen-bond acceptors (Lipinski definition) is 1. The first-order valence-electron chi connectivity index (χ1n) is 2.16. The maximum Gasteiger partial charge on any atom is 0.419 e. The number of halogens is 3. The monoisotopic (exact) mass is 126 g/mol. The van der Waals surface area contributed by atoms with Gasteiger partial charge in [-0.3, -0.25) is 0 Å². The van der Waals surface area contributed by atoms with Crippen LogP contribution in [-0.4, -0.2) is 18.4 Å². The maximum absolute atomic E-state index is 11.5. The fourth-order valence-corrected chi connectivity index (χ4v) is 0.272. The molecule has 0 aromatic rings. The van der Waals surface area contributed by atoms with Crippen molar-refractivity contribution in [2.45, 2.75) is 18.7 Å². The molecule has 0 aromatic heterocycles. The Morgan fingerprint density at radius 2 is 1.88 bits per heavy atom. The van der Waals surface area contributed by atoms with Gasteiger partial charge in [-0.2, -0.15) is 13.2 Å². The minimum absolute atomic E-state index is 0.184. The minimum atomic E-state index is -4.17. The zero-order valence-electron chi connectivity index (χ0n) is 4.25. The normalized spacial score (nSPS) is 37.5. The second-order valence-electron chi connectivity index (χ2n) is 2.02. The lowest BCUT2D eigenvalue weighted by molar-refractivity contribution is -0.178. The standard InChI is InChI=1S/C4H5F3O/c1-3(2-8-3)4(5,6)7/h2H2,1H3/t3-/m0/s1. The Hall–Kier alpha value is -0.250. The molecule has 0 saturated carbocycles. The van der Waals surface area contributed by atoms with E-state index in [1.807, 2.05) is 0 Å². The van der Waals surface area contributed by atoms with E-state index in [-0.39, 0.29) is 6.61 Å². The summed E-state index contributed by atoms with van der Waals surface area (Å²) in [6, 6.07) is 0. The third kappa shape index (κ3) is 0.686. The first kappa shape index (κ1) is 5.88. The van der Waals surface area contributed by atoms with Crippen LogP contribution in [0.25, 0.3) is 0 Å². The molecule has 1 aliphatic heterocycles. The molecule has 1 atom stereocenters. The molecule has 8 heavy (non-hydrogen) atoms. The fourth-order valence-electron chi connectivity index (χ4n) is 0.272. The zero-order chi connectivity index (χ0) is 6.41. The predicted octanol–water partition coefficient (Wildman–Crippen LogP) is 1.34. The van der Waals surface area contributed by atoms with Gasteiger partial charge in [0.2, 0.25) is 0 Å². The third-order valence-electron chi connectivity index (χ3n) is 1.18. The van der Waals surface area contributed by atoms with Gasteiger partial charge in [0, 0.05) is 0 Å². The lowest BCUT2D eigenvalue weighted by Gasteiger charge is -2.08. The maximum atomic E-state index is 11.5. The van der Waals surface area contributed by atoms with Gasteiger partial charge >= 0.3 is 6.18 Å². The Balaban J connectivity index is 2.58. The molecular formula is C4H5F3O. The van der Waals surface area contributed by atoms with Gasteiger partial charge in [-0.05, 0) is 6.92 Å². The second-order valence-corrected chi connectivity index (χ2v) is 2.02. The van der Waals surface area contributed by atoms with E-state index in [9.17, 15) is 13.2 Å². The van der Waals surface area contributed by atoms with Crippen LogP contribution in [0.15, 0.2) is 0 Å². The Morgan fingerprint density at radius 3 is 1.88 bits per heavy atom. The summed E-state index contributed by atoms with van der Waals surface area (Å²) in [4.78, 5) is 0. The highest BCUT2D eigenvalue weighted by molar-refractivity contribution is 4.94. The van der Waals surface area contributed by atoms with E-state index in [4.69, 9.17) is 0 Å². The van der Waals surface area contributed by atoms with Crippen molar-refractivity contribution in [3.05, 3.63) is 0 Å². The number of alkyl halides is 3. The van der Waals surface area contributed by atoms with Crippen molar-refractivity contribution in [1.82, 2.24) is 0 Å². The van der Waals surface area contributed by atoms with Crippen LogP contribution in [0.4, 0.5) is 13.2 Å². The summed E-state index contributed by atoms with van der Waals surface area (Å²) in [5, 5.41) is 0. The van der Waals surface area contributed by atoms with Gasteiger partial charge in [0.15, 0.2) is 5.60 Å². The Labute approximate surface area is 44.4 Å². The molecule has 0 radical (unpaired) electrons. The Bertz CT molecular complexity index is 99.1. The molecule has 0 N–H and O–H groups in total. The molecule has 1 aliphatic rings. The average Bonchev–Trinajstić information content (AvgIpc) is 2.16. The predicted molar refractivity (Wildman–Crippen MR) is 20.4 cm³/mol. The van der Waals surface area contributed by atoms with Crippen LogP contribution in [-0.2, 0) is 4.74 Å². The number of rotatable bonds is 0. The van der Waals surface area contributed by atoms with E-state index in [0.717, 1.165) is 6.92 Å². The zero-order valence-corrected chi connectivity index (χ0v) is 4.25. The van der Waals surface area contributed by atoms with Gasteiger partial charge in [-0.1, -0.05) is 0 Å². The van der Waals surface area contributed by atoms with Crippen LogP contribution >= 0.6 is 0 Å². The van der Waals surface area contributed by atoms with E-state index >= 15 is 0 Å². The molecule has 1 fully saturated rings. The molecule has 0 bridgehead atoms. The summed E-state index contributed by atoms with van der Waals surface area (Å²) in [6.07, 6.45) is -4.17. The summed E-state index contributed by atoms with van der Waals surface area (Å²) < 4.78 is 38.6. The Kier molecular flexibility index (Phi) is 0.867. The summed E-state index contributed by atoms with van der Waals surface area (Å²) in [5.74, 6) is 0. The van der Waals surface area contributed by atoms with Crippen molar-refractivity contribution >= 4 is 0 Å². The molecule has 4 heteroatoms. The quantitative estimate of drug-likeness (QED) is 0.446. The van der Waals surface area contributed by atoms with Crippen LogP contribution in [0.3, 0.4) is 0 Å². The lowest BCUT2D eigenvalue weighted by atomic mass is 10.2. The molecule has 1 heterocycles. The largest absolute Gasteiger partial charge is 0.419 e. The molecule has 0 aromatic carbocycles. The van der Waals surface area contributed by atoms with Gasteiger partial charge in [0.1, 0.15) is 0 Å². The molecule has 1 nitrogen and oxygen atoms in total. The third-order valence-corrected chi connectivity index (χ3v) is 1.18. The van der Waals surface area contributed by atoms with Crippen LogP contribution in [0.1, 0.15) is 6.92 Å². The average molecular weight is 126 g/mol. The van der Waals surface area contributed by atoms with Crippen molar-refractivity contribution in [2.75, 3.05) is 6.61 Å². The Morgan fingerprint density at radius 1 is 1.50 bits per heavy atom. The summed E-state index contributed by atoms with van der Waals surface area (Å²) >= 11 is 0. The molecule has 0 unspecified atom stereocenters. The lowest BCUT2D eigenvalue weighted by Crippen LogP contribution is -2.28. The van der Waals surface area contributed by atoms with Gasteiger partial charge in [-0.15, -0.1) is 0 Å². The summed E-state index contributed by atoms with van der Waals surface area (Å²) in [5.41, 5.74) is -1.81. The fraction of sp³-hybridized carbons (Fsp3) is 1.00. The van der Waals surface area contributed by atoms with Crippen LogP contribution in [0.2, 0.25) is 0 Å². The molecule has 48 valence electrons. The van der Waals surface area contributed by atoms with Crippen molar-refractivity contribution in [1.29, 1.82) is 0 Å². The number of hydrogen-bond donors (Lipinski definition) is 0. The number of epoxide rings is 1. The van der Waals surface area contributed by atoms with E-state index in [1.54, 1.807) is 0 Å². The minimum Gasteiger partial charge on any atom is -0.360 e. The van der Waals surface area contributed by atoms with Crippen molar-refractivity contribution in [2.24, 2.45) is 0 Å². The highest BCUT2D eigenvalue weighted by Gasteiger charge is 2.62. The van der Waals surface area contributed by atoms with Crippen LogP contribution < -0.4 is 0 Å². The molecule has 0 aliphatic carbocycles. The molecule has 1 saturated heterocycles. The molecule has 0 amide bonds. The smallest absolute Gasteiger partial charge is 0.360 e. The van der Waals surface area contributed by atoms with Gasteiger partial charge in [-0.25, -0.2) is 0 Å². The van der Waals surface area contributed by atoms with Crippen molar-refractivity contribution in [3.63, 3.8) is 0 Å². The molecular weight excluding hydrogens is 121 g/mol. The topological polar surface area (TPSA) is 12.5 Å². The molecule has 0 spiro atoms. The van der Waals surface area contributed by atoms with Gasteiger partial charge < -0.3 is 4.74 Å². The van der Waals surface area contributed by atoms with Crippen LogP contribution in [0.5, 0.6) is 0 Å². The SMILES string of the molecule is C[C@@]1(C(F)(F)F)CO1. The van der Waals surface area contributed by atoms with Crippen molar-refractivity contribution in [3.8, 4) is 0 Å². The van der Waals surface area contributed by atoms with E-state index in [2.05, 4.69) is 4.74 Å². The van der Waals surface area contributed by atoms with E-state index < -0.39 is 11.8 Å². The first-order chi connectivity index (χ1) is 3.46. The van der Waals surface area contributed by atoms with Gasteiger partial charge in [0.25, 0.3) is 0 Å². The van der Waals surface area contributed by atoms with Crippen LogP contribution in [0, 0.1) is 0 Å².